The number of aliphatic hydroxyl groups excluding tert-OH is 1. The minimum Gasteiger partial charge on any atom is -0.496 e. The first-order valence-electron chi connectivity index (χ1n) is 6.25. The van der Waals surface area contributed by atoms with Crippen LogP contribution in [0.3, 0.4) is 0 Å². The van der Waals surface area contributed by atoms with Crippen LogP contribution in [0.4, 0.5) is 0 Å². The Balaban J connectivity index is 2.21. The van der Waals surface area contributed by atoms with Crippen molar-refractivity contribution < 1.29 is 9.84 Å². The number of benzene rings is 1. The molecule has 0 saturated carbocycles. The van der Waals surface area contributed by atoms with E-state index in [9.17, 15) is 5.11 Å². The number of hydrogen-bond donors (Lipinski definition) is 1. The van der Waals surface area contributed by atoms with Gasteiger partial charge in [-0.15, -0.1) is 5.10 Å². The van der Waals surface area contributed by atoms with Crippen LogP contribution in [0, 0.1) is 0 Å². The van der Waals surface area contributed by atoms with E-state index in [1.54, 1.807) is 7.11 Å². The van der Waals surface area contributed by atoms with E-state index in [0.717, 1.165) is 21.9 Å². The second-order valence-electron chi connectivity index (χ2n) is 4.71. The second kappa shape index (κ2) is 6.12. The van der Waals surface area contributed by atoms with Gasteiger partial charge in [0.25, 0.3) is 0 Å². The molecule has 19 heavy (non-hydrogen) atoms. The molecule has 102 valence electrons. The van der Waals surface area contributed by atoms with E-state index < -0.39 is 6.10 Å². The number of aromatic nitrogens is 2. The molecule has 0 fully saturated rings. The lowest BCUT2D eigenvalue weighted by atomic mass is 10.0. The molecule has 1 aromatic heterocycles. The lowest BCUT2D eigenvalue weighted by Gasteiger charge is -2.13. The number of methoxy groups -OCH3 is 1. The maximum atomic E-state index is 10.4. The molecule has 0 aliphatic carbocycles. The van der Waals surface area contributed by atoms with Crippen LogP contribution in [0.15, 0.2) is 24.3 Å². The van der Waals surface area contributed by atoms with Crippen molar-refractivity contribution in [2.45, 2.75) is 32.3 Å². The van der Waals surface area contributed by atoms with Gasteiger partial charge in [-0.2, -0.15) is 0 Å². The zero-order chi connectivity index (χ0) is 13.8. The van der Waals surface area contributed by atoms with Crippen LogP contribution in [-0.2, 0) is 6.42 Å². The van der Waals surface area contributed by atoms with Gasteiger partial charge in [0.15, 0.2) is 0 Å². The summed E-state index contributed by atoms with van der Waals surface area (Å²) in [5.41, 5.74) is 1.87. The summed E-state index contributed by atoms with van der Waals surface area (Å²) in [5.74, 6) is 1.06. The fraction of sp³-hybridized carbons (Fsp3) is 0.429. The lowest BCUT2D eigenvalue weighted by molar-refractivity contribution is 0.179. The minimum atomic E-state index is -0.589. The van der Waals surface area contributed by atoms with Crippen LogP contribution in [0.1, 0.15) is 42.0 Å². The Morgan fingerprint density at radius 2 is 2.05 bits per heavy atom. The van der Waals surface area contributed by atoms with Gasteiger partial charge in [-0.3, -0.25) is 0 Å². The number of nitrogens with zero attached hydrogens (tertiary/aromatic N) is 2. The molecule has 2 aromatic rings. The molecule has 1 aromatic carbocycles. The zero-order valence-corrected chi connectivity index (χ0v) is 12.1. The van der Waals surface area contributed by atoms with Crippen LogP contribution >= 0.6 is 11.5 Å². The molecule has 1 heterocycles. The summed E-state index contributed by atoms with van der Waals surface area (Å²) in [5, 5.41) is 14.5. The Hall–Kier alpha value is -1.46. The molecule has 0 radical (unpaired) electrons. The van der Waals surface area contributed by atoms with Crippen LogP contribution in [-0.4, -0.2) is 21.8 Å². The van der Waals surface area contributed by atoms with Crippen molar-refractivity contribution in [3.05, 3.63) is 40.4 Å². The number of hydrogen-bond acceptors (Lipinski definition) is 5. The summed E-state index contributed by atoms with van der Waals surface area (Å²) in [4.78, 5) is 0.848. The molecule has 2 rings (SSSR count). The Bertz CT molecular complexity index is 540. The van der Waals surface area contributed by atoms with E-state index in [4.69, 9.17) is 4.74 Å². The molecule has 0 bridgehead atoms. The number of rotatable bonds is 5. The molecule has 1 atom stereocenters. The summed E-state index contributed by atoms with van der Waals surface area (Å²) in [6.45, 7) is 4.10. The van der Waals surface area contributed by atoms with Crippen molar-refractivity contribution in [3.8, 4) is 5.75 Å². The van der Waals surface area contributed by atoms with E-state index in [0.29, 0.717) is 6.42 Å². The average Bonchev–Trinajstić information content (AvgIpc) is 2.88. The van der Waals surface area contributed by atoms with Gasteiger partial charge in [-0.25, -0.2) is 0 Å². The summed E-state index contributed by atoms with van der Waals surface area (Å²) < 4.78 is 9.25. The third kappa shape index (κ3) is 3.11. The standard InChI is InChI=1S/C14H18N2O2S/c1-9(2)13-14(19-16-15-13)11(17)8-10-6-4-5-7-12(10)18-3/h4-7,9,11,17H,8H2,1-3H3. The Morgan fingerprint density at radius 3 is 2.74 bits per heavy atom. The summed E-state index contributed by atoms with van der Waals surface area (Å²) in [6, 6.07) is 7.73. The Labute approximate surface area is 117 Å². The fourth-order valence-electron chi connectivity index (χ4n) is 2.01. The van der Waals surface area contributed by atoms with Gasteiger partial charge in [0.2, 0.25) is 0 Å². The first-order valence-corrected chi connectivity index (χ1v) is 7.03. The molecular formula is C14H18N2O2S. The first-order chi connectivity index (χ1) is 9.13. The lowest BCUT2D eigenvalue weighted by Crippen LogP contribution is -2.05. The van der Waals surface area contributed by atoms with Crippen molar-refractivity contribution >= 4 is 11.5 Å². The Kier molecular flexibility index (Phi) is 4.50. The van der Waals surface area contributed by atoms with Gasteiger partial charge < -0.3 is 9.84 Å². The Morgan fingerprint density at radius 1 is 1.32 bits per heavy atom. The summed E-state index contributed by atoms with van der Waals surface area (Å²) >= 11 is 1.27. The molecule has 0 amide bonds. The molecule has 4 nitrogen and oxygen atoms in total. The molecule has 0 saturated heterocycles. The topological polar surface area (TPSA) is 55.2 Å². The van der Waals surface area contributed by atoms with E-state index >= 15 is 0 Å². The van der Waals surface area contributed by atoms with Crippen LogP contribution in [0.5, 0.6) is 5.75 Å². The van der Waals surface area contributed by atoms with Gasteiger partial charge in [-0.1, -0.05) is 36.5 Å². The molecule has 5 heteroatoms. The monoisotopic (exact) mass is 278 g/mol. The molecule has 1 N–H and O–H groups in total. The van der Waals surface area contributed by atoms with Crippen molar-refractivity contribution in [3.63, 3.8) is 0 Å². The maximum Gasteiger partial charge on any atom is 0.122 e. The van der Waals surface area contributed by atoms with E-state index in [1.807, 2.05) is 24.3 Å². The van der Waals surface area contributed by atoms with Gasteiger partial charge in [-0.05, 0) is 29.1 Å². The fourth-order valence-corrected chi connectivity index (χ4v) is 2.80. The van der Waals surface area contributed by atoms with Crippen molar-refractivity contribution in [1.29, 1.82) is 0 Å². The van der Waals surface area contributed by atoms with Crippen LogP contribution < -0.4 is 4.74 Å². The SMILES string of the molecule is COc1ccccc1CC(O)c1snnc1C(C)C. The van der Waals surface area contributed by atoms with Crippen LogP contribution in [0.2, 0.25) is 0 Å². The minimum absolute atomic E-state index is 0.265. The highest BCUT2D eigenvalue weighted by Gasteiger charge is 2.20. The van der Waals surface area contributed by atoms with Crippen molar-refractivity contribution in [2.24, 2.45) is 0 Å². The highest BCUT2D eigenvalue weighted by molar-refractivity contribution is 7.05. The second-order valence-corrected chi connectivity index (χ2v) is 5.49. The van der Waals surface area contributed by atoms with E-state index in [1.165, 1.54) is 11.5 Å². The maximum absolute atomic E-state index is 10.4. The molecule has 0 aliphatic rings. The number of para-hydroxylation sites is 1. The molecular weight excluding hydrogens is 260 g/mol. The van der Waals surface area contributed by atoms with Gasteiger partial charge in [0, 0.05) is 6.42 Å². The largest absolute Gasteiger partial charge is 0.496 e. The highest BCUT2D eigenvalue weighted by atomic mass is 32.1. The number of ether oxygens (including phenoxy) is 1. The van der Waals surface area contributed by atoms with Gasteiger partial charge in [0.1, 0.15) is 5.75 Å². The normalized spacial score (nSPS) is 12.7. The number of aliphatic hydroxyl groups is 1. The molecule has 0 aliphatic heterocycles. The predicted molar refractivity (Wildman–Crippen MR) is 75.7 cm³/mol. The first kappa shape index (κ1) is 14.0. The van der Waals surface area contributed by atoms with E-state index in [2.05, 4.69) is 23.4 Å². The molecule has 0 spiro atoms. The van der Waals surface area contributed by atoms with Crippen molar-refractivity contribution in [2.75, 3.05) is 7.11 Å². The van der Waals surface area contributed by atoms with Crippen molar-refractivity contribution in [1.82, 2.24) is 9.59 Å². The average molecular weight is 278 g/mol. The smallest absolute Gasteiger partial charge is 0.122 e. The summed E-state index contributed by atoms with van der Waals surface area (Å²) in [7, 11) is 1.64. The third-order valence-corrected chi connectivity index (χ3v) is 3.84. The quantitative estimate of drug-likeness (QED) is 0.913. The van der Waals surface area contributed by atoms with Crippen LogP contribution in [0.25, 0.3) is 0 Å². The molecule has 1 unspecified atom stereocenters. The van der Waals surface area contributed by atoms with E-state index in [-0.39, 0.29) is 5.92 Å². The van der Waals surface area contributed by atoms with Gasteiger partial charge >= 0.3 is 0 Å². The predicted octanol–water partition coefficient (Wildman–Crippen LogP) is 2.95. The van der Waals surface area contributed by atoms with Gasteiger partial charge in [0.05, 0.1) is 23.8 Å². The summed E-state index contributed by atoms with van der Waals surface area (Å²) in [6.07, 6.45) is -0.0816. The zero-order valence-electron chi connectivity index (χ0n) is 11.3. The highest BCUT2D eigenvalue weighted by Crippen LogP contribution is 2.30. The third-order valence-electron chi connectivity index (χ3n) is 3.00.